The maximum atomic E-state index is 10.7. The van der Waals surface area contributed by atoms with Gasteiger partial charge in [0, 0.05) is 17.4 Å². The van der Waals surface area contributed by atoms with Gasteiger partial charge in [0.1, 0.15) is 6.29 Å². The van der Waals surface area contributed by atoms with Crippen molar-refractivity contribution in [2.45, 2.75) is 6.42 Å². The molecule has 2 unspecified atom stereocenters. The predicted octanol–water partition coefficient (Wildman–Crippen LogP) is 5.17. The van der Waals surface area contributed by atoms with Gasteiger partial charge in [0.2, 0.25) is 0 Å². The maximum absolute atomic E-state index is 10.7. The summed E-state index contributed by atoms with van der Waals surface area (Å²) >= 11 is 0. The smallest absolute Gasteiger partial charge is 0.150 e. The molecule has 1 heteroatoms. The van der Waals surface area contributed by atoms with E-state index < -0.39 is 0 Å². The second-order valence-corrected chi connectivity index (χ2v) is 6.19. The Morgan fingerprint density at radius 3 is 2.22 bits per heavy atom. The van der Waals surface area contributed by atoms with Crippen LogP contribution in [0.4, 0.5) is 0 Å². The van der Waals surface area contributed by atoms with Crippen LogP contribution in [0.2, 0.25) is 0 Å². The van der Waals surface area contributed by atoms with Crippen LogP contribution in [0.5, 0.6) is 0 Å². The van der Waals surface area contributed by atoms with Gasteiger partial charge in [0.25, 0.3) is 0 Å². The average Bonchev–Trinajstić information content (AvgIpc) is 3.22. The molecule has 0 spiro atoms. The van der Waals surface area contributed by atoms with Crippen LogP contribution in [0.25, 0.3) is 11.6 Å². The van der Waals surface area contributed by atoms with Gasteiger partial charge in [-0.25, -0.2) is 0 Å². The van der Waals surface area contributed by atoms with Crippen LogP contribution in [-0.4, -0.2) is 6.29 Å². The molecular formula is C22H18O. The Bertz CT molecular complexity index is 807. The molecule has 4 rings (SSSR count). The third-order valence-corrected chi connectivity index (χ3v) is 4.78. The highest BCUT2D eigenvalue weighted by Gasteiger charge is 2.34. The summed E-state index contributed by atoms with van der Waals surface area (Å²) in [5.74, 6) is 1.10. The molecule has 2 aromatic rings. The highest BCUT2D eigenvalue weighted by molar-refractivity contribution is 5.80. The normalized spacial score (nSPS) is 22.3. The summed E-state index contributed by atoms with van der Waals surface area (Å²) in [6, 6.07) is 18.4. The first-order valence-corrected chi connectivity index (χ1v) is 8.06. The minimum absolute atomic E-state index is 0.542. The quantitative estimate of drug-likeness (QED) is 0.562. The lowest BCUT2D eigenvalue weighted by Crippen LogP contribution is -1.96. The summed E-state index contributed by atoms with van der Waals surface area (Å²) in [7, 11) is 0. The number of hydrogen-bond acceptors (Lipinski definition) is 1. The van der Waals surface area contributed by atoms with E-state index in [0.29, 0.717) is 17.4 Å². The van der Waals surface area contributed by atoms with Crippen molar-refractivity contribution >= 4 is 17.9 Å². The summed E-state index contributed by atoms with van der Waals surface area (Å²) in [5.41, 5.74) is 6.08. The zero-order valence-corrected chi connectivity index (χ0v) is 12.9. The van der Waals surface area contributed by atoms with Gasteiger partial charge in [-0.1, -0.05) is 78.9 Å². The van der Waals surface area contributed by atoms with E-state index in [2.05, 4.69) is 54.6 Å². The number of rotatable bonds is 4. The largest absolute Gasteiger partial charge is 0.298 e. The molecule has 2 atom stereocenters. The Hall–Kier alpha value is -2.67. The predicted molar refractivity (Wildman–Crippen MR) is 95.0 cm³/mol. The average molecular weight is 298 g/mol. The summed E-state index contributed by atoms with van der Waals surface area (Å²) in [6.45, 7) is 0. The molecule has 0 radical (unpaired) electrons. The highest BCUT2D eigenvalue weighted by Crippen LogP contribution is 2.48. The van der Waals surface area contributed by atoms with Crippen molar-refractivity contribution in [3.63, 3.8) is 0 Å². The van der Waals surface area contributed by atoms with Crippen LogP contribution >= 0.6 is 0 Å². The molecular weight excluding hydrogens is 280 g/mol. The molecule has 0 saturated heterocycles. The van der Waals surface area contributed by atoms with Gasteiger partial charge in [0.05, 0.1) is 0 Å². The third kappa shape index (κ3) is 2.59. The molecule has 112 valence electrons. The first-order chi connectivity index (χ1) is 11.3. The van der Waals surface area contributed by atoms with E-state index in [-0.39, 0.29) is 0 Å². The minimum Gasteiger partial charge on any atom is -0.298 e. The van der Waals surface area contributed by atoms with Gasteiger partial charge in [-0.05, 0) is 28.7 Å². The highest BCUT2D eigenvalue weighted by atomic mass is 16.1. The lowest BCUT2D eigenvalue weighted by atomic mass is 9.90. The molecule has 1 nitrogen and oxygen atoms in total. The number of hydrogen-bond donors (Lipinski definition) is 0. The second-order valence-electron chi connectivity index (χ2n) is 6.19. The molecule has 0 aromatic heterocycles. The first kappa shape index (κ1) is 14.0. The standard InChI is InChI=1S/C22H18O/c23-15-17-8-6-16(7-9-17)10-13-21-19-11-12-20(14-19)22(21)18-4-2-1-3-5-18/h1-13,15,19-20H,14H2/b13-10+. The van der Waals surface area contributed by atoms with Crippen LogP contribution in [0.15, 0.2) is 78.4 Å². The Kier molecular flexibility index (Phi) is 3.55. The van der Waals surface area contributed by atoms with Crippen molar-refractivity contribution < 1.29 is 4.79 Å². The monoisotopic (exact) mass is 298 g/mol. The molecule has 0 heterocycles. The Morgan fingerprint density at radius 1 is 0.783 bits per heavy atom. The first-order valence-electron chi connectivity index (χ1n) is 8.06. The Labute approximate surface area is 136 Å². The van der Waals surface area contributed by atoms with E-state index in [1.807, 2.05) is 24.3 Å². The molecule has 0 saturated carbocycles. The second kappa shape index (κ2) is 5.85. The van der Waals surface area contributed by atoms with Gasteiger partial charge in [-0.2, -0.15) is 0 Å². The van der Waals surface area contributed by atoms with Crippen LogP contribution in [0.1, 0.15) is 27.9 Å². The van der Waals surface area contributed by atoms with Crippen molar-refractivity contribution in [2.24, 2.45) is 11.8 Å². The van der Waals surface area contributed by atoms with Gasteiger partial charge in [0.15, 0.2) is 0 Å². The van der Waals surface area contributed by atoms with E-state index in [1.165, 1.54) is 23.1 Å². The number of carbonyl (C=O) groups excluding carboxylic acids is 1. The van der Waals surface area contributed by atoms with E-state index in [9.17, 15) is 4.79 Å². The molecule has 0 N–H and O–H groups in total. The number of allylic oxidation sites excluding steroid dienone is 5. The number of benzene rings is 2. The van der Waals surface area contributed by atoms with Crippen molar-refractivity contribution in [3.8, 4) is 0 Å². The lowest BCUT2D eigenvalue weighted by molar-refractivity contribution is 0.112. The minimum atomic E-state index is 0.542. The molecule has 0 amide bonds. The maximum Gasteiger partial charge on any atom is 0.150 e. The number of fused-ring (bicyclic) bond motifs is 2. The van der Waals surface area contributed by atoms with E-state index in [0.717, 1.165) is 11.8 Å². The van der Waals surface area contributed by atoms with Crippen LogP contribution in [0.3, 0.4) is 0 Å². The van der Waals surface area contributed by atoms with Crippen LogP contribution in [-0.2, 0) is 0 Å². The molecule has 2 aromatic carbocycles. The van der Waals surface area contributed by atoms with Crippen molar-refractivity contribution in [2.75, 3.05) is 0 Å². The fourth-order valence-electron chi connectivity index (χ4n) is 3.64. The summed E-state index contributed by atoms with van der Waals surface area (Å²) in [5, 5.41) is 0. The summed E-state index contributed by atoms with van der Waals surface area (Å²) in [4.78, 5) is 10.7. The summed E-state index contributed by atoms with van der Waals surface area (Å²) < 4.78 is 0. The van der Waals surface area contributed by atoms with Gasteiger partial charge in [-0.15, -0.1) is 0 Å². The molecule has 0 fully saturated rings. The van der Waals surface area contributed by atoms with Crippen molar-refractivity contribution in [1.29, 1.82) is 0 Å². The van der Waals surface area contributed by atoms with Gasteiger partial charge >= 0.3 is 0 Å². The lowest BCUT2D eigenvalue weighted by Gasteiger charge is -2.14. The third-order valence-electron chi connectivity index (χ3n) is 4.78. The fourth-order valence-corrected chi connectivity index (χ4v) is 3.64. The number of carbonyl (C=O) groups is 1. The van der Waals surface area contributed by atoms with Crippen LogP contribution < -0.4 is 0 Å². The number of aldehydes is 1. The molecule has 2 aliphatic carbocycles. The molecule has 2 aliphatic rings. The fraction of sp³-hybridized carbons (Fsp3) is 0.136. The zero-order chi connectivity index (χ0) is 15.6. The SMILES string of the molecule is O=Cc1ccc(/C=C/C2=C(c3ccccc3)C3C=CC2C3)cc1. The molecule has 2 bridgehead atoms. The van der Waals surface area contributed by atoms with Gasteiger partial charge < -0.3 is 0 Å². The van der Waals surface area contributed by atoms with E-state index in [4.69, 9.17) is 0 Å². The zero-order valence-electron chi connectivity index (χ0n) is 12.9. The van der Waals surface area contributed by atoms with Crippen molar-refractivity contribution in [1.82, 2.24) is 0 Å². The van der Waals surface area contributed by atoms with E-state index >= 15 is 0 Å². The topological polar surface area (TPSA) is 17.1 Å². The summed E-state index contributed by atoms with van der Waals surface area (Å²) in [6.07, 6.45) is 11.2. The van der Waals surface area contributed by atoms with E-state index in [1.54, 1.807) is 0 Å². The molecule has 0 aliphatic heterocycles. The Balaban J connectivity index is 1.68. The Morgan fingerprint density at radius 2 is 1.48 bits per heavy atom. The van der Waals surface area contributed by atoms with Crippen molar-refractivity contribution in [3.05, 3.63) is 95.1 Å². The molecule has 23 heavy (non-hydrogen) atoms. The van der Waals surface area contributed by atoms with Crippen LogP contribution in [0, 0.1) is 11.8 Å². The van der Waals surface area contributed by atoms with Gasteiger partial charge in [-0.3, -0.25) is 4.79 Å².